The average Bonchev–Trinajstić information content (AvgIpc) is 2.99. The molecule has 2 amide bonds. The SMILES string of the molecule is CCCCC[C@]1(C)CCC(F)CNC(C(C(=O)Nc2cnccc2OC2CCC(C(=O)N3CCN(C)CC3)CC2)C(N)N)C1. The summed E-state index contributed by atoms with van der Waals surface area (Å²) in [5, 5.41) is 6.30. The highest BCUT2D eigenvalue weighted by Gasteiger charge is 2.39. The Labute approximate surface area is 263 Å². The van der Waals surface area contributed by atoms with Gasteiger partial charge in [-0.1, -0.05) is 33.1 Å². The Hall–Kier alpha value is -2.34. The zero-order valence-electron chi connectivity index (χ0n) is 27.1. The Morgan fingerprint density at radius 2 is 1.89 bits per heavy atom. The number of nitrogens with two attached hydrogens (primary N) is 2. The largest absolute Gasteiger partial charge is 0.488 e. The maximum absolute atomic E-state index is 14.7. The van der Waals surface area contributed by atoms with Gasteiger partial charge in [0.15, 0.2) is 0 Å². The molecule has 4 rings (SSSR count). The van der Waals surface area contributed by atoms with Gasteiger partial charge in [0.1, 0.15) is 17.6 Å². The number of nitrogens with zero attached hydrogens (tertiary/aromatic N) is 3. The van der Waals surface area contributed by atoms with Gasteiger partial charge < -0.3 is 36.6 Å². The highest BCUT2D eigenvalue weighted by molar-refractivity contribution is 5.94. The first kappa shape index (κ1) is 34.5. The summed E-state index contributed by atoms with van der Waals surface area (Å²) >= 11 is 0. The molecule has 248 valence electrons. The molecule has 1 aromatic heterocycles. The molecule has 6 N–H and O–H groups in total. The molecule has 3 aliphatic rings. The van der Waals surface area contributed by atoms with Crippen molar-refractivity contribution in [3.8, 4) is 5.75 Å². The molecule has 3 heterocycles. The molecule has 3 fully saturated rings. The minimum absolute atomic E-state index is 0.0366. The summed E-state index contributed by atoms with van der Waals surface area (Å²) in [6.07, 6.45) is 10.6. The second-order valence-electron chi connectivity index (χ2n) is 13.8. The van der Waals surface area contributed by atoms with Gasteiger partial charge in [-0.2, -0.15) is 0 Å². The topological polar surface area (TPSA) is 139 Å². The molecular weight excluding hydrogens is 561 g/mol. The summed E-state index contributed by atoms with van der Waals surface area (Å²) in [5.74, 6) is -0.264. The van der Waals surface area contributed by atoms with Crippen LogP contribution in [0.5, 0.6) is 5.75 Å². The number of hydrogen-bond acceptors (Lipinski definition) is 8. The van der Waals surface area contributed by atoms with E-state index >= 15 is 0 Å². The number of alkyl halides is 1. The number of unbranched alkanes of at least 4 members (excludes halogenated alkanes) is 2. The fraction of sp³-hybridized carbons (Fsp3) is 0.788. The molecule has 0 radical (unpaired) electrons. The maximum atomic E-state index is 14.7. The van der Waals surface area contributed by atoms with Crippen LogP contribution in [-0.4, -0.2) is 90.9 Å². The Bertz CT molecular complexity index is 1060. The van der Waals surface area contributed by atoms with Crippen LogP contribution in [0.25, 0.3) is 0 Å². The maximum Gasteiger partial charge on any atom is 0.232 e. The van der Waals surface area contributed by atoms with Crippen molar-refractivity contribution in [3.05, 3.63) is 18.5 Å². The van der Waals surface area contributed by atoms with Gasteiger partial charge in [0.05, 0.1) is 24.4 Å². The summed E-state index contributed by atoms with van der Waals surface area (Å²) in [4.78, 5) is 35.4. The fourth-order valence-electron chi connectivity index (χ4n) is 7.19. The van der Waals surface area contributed by atoms with E-state index in [1.54, 1.807) is 18.5 Å². The van der Waals surface area contributed by atoms with Crippen LogP contribution >= 0.6 is 0 Å². The number of carbonyl (C=O) groups is 2. The van der Waals surface area contributed by atoms with Crippen molar-refractivity contribution in [2.45, 2.75) is 109 Å². The number of hydrogen-bond donors (Lipinski definition) is 4. The van der Waals surface area contributed by atoms with Crippen molar-refractivity contribution < 1.29 is 18.7 Å². The van der Waals surface area contributed by atoms with Crippen molar-refractivity contribution in [1.29, 1.82) is 0 Å². The normalized spacial score (nSPS) is 29.5. The van der Waals surface area contributed by atoms with Gasteiger partial charge in [-0.15, -0.1) is 0 Å². The molecule has 0 aromatic carbocycles. The highest BCUT2D eigenvalue weighted by Crippen LogP contribution is 2.39. The van der Waals surface area contributed by atoms with Gasteiger partial charge in [-0.05, 0) is 63.8 Å². The predicted octanol–water partition coefficient (Wildman–Crippen LogP) is 3.66. The van der Waals surface area contributed by atoms with Crippen molar-refractivity contribution in [2.75, 3.05) is 45.1 Å². The zero-order valence-corrected chi connectivity index (χ0v) is 27.1. The molecule has 2 aliphatic heterocycles. The fourth-order valence-corrected chi connectivity index (χ4v) is 7.19. The highest BCUT2D eigenvalue weighted by atomic mass is 19.1. The van der Waals surface area contributed by atoms with Gasteiger partial charge in [-0.25, -0.2) is 4.39 Å². The number of anilines is 1. The first-order chi connectivity index (χ1) is 21.1. The third-order valence-electron chi connectivity index (χ3n) is 10.1. The number of likely N-dealkylation sites (N-methyl/N-ethyl adjacent to an activating group) is 1. The standard InChI is InChI=1S/C33H56FN7O3/c1-4-5-6-13-33(2)14-11-24(34)21-38-26(20-33)29(30(35)36)31(42)39-27-22-37-15-12-28(27)44-25-9-7-23(8-10-25)32(43)41-18-16-40(3)17-19-41/h12,15,22-26,29-30,38H,4-11,13-14,16-21,35-36H2,1-3H3,(H,39,42)/t23?,24?,25?,26?,29?,33-/m1/s1. The lowest BCUT2D eigenvalue weighted by atomic mass is 9.71. The molecule has 1 saturated carbocycles. The summed E-state index contributed by atoms with van der Waals surface area (Å²) in [5.41, 5.74) is 12.8. The molecular formula is C33H56FN7O3. The van der Waals surface area contributed by atoms with Gasteiger partial charge in [0.2, 0.25) is 11.8 Å². The molecule has 3 unspecified atom stereocenters. The van der Waals surface area contributed by atoms with E-state index in [1.165, 1.54) is 0 Å². The Balaban J connectivity index is 1.38. The monoisotopic (exact) mass is 617 g/mol. The minimum Gasteiger partial charge on any atom is -0.488 e. The van der Waals surface area contributed by atoms with Gasteiger partial charge in [0, 0.05) is 56.9 Å². The quantitative estimate of drug-likeness (QED) is 0.218. The van der Waals surface area contributed by atoms with E-state index in [0.29, 0.717) is 24.3 Å². The Morgan fingerprint density at radius 1 is 1.16 bits per heavy atom. The number of aromatic nitrogens is 1. The summed E-state index contributed by atoms with van der Waals surface area (Å²) < 4.78 is 21.1. The van der Waals surface area contributed by atoms with Crippen LogP contribution in [0.4, 0.5) is 10.1 Å². The second kappa shape index (κ2) is 16.3. The van der Waals surface area contributed by atoms with E-state index in [4.69, 9.17) is 16.2 Å². The third kappa shape index (κ3) is 9.58. The van der Waals surface area contributed by atoms with Crippen molar-refractivity contribution >= 4 is 17.5 Å². The molecule has 10 nitrogen and oxygen atoms in total. The molecule has 0 spiro atoms. The minimum atomic E-state index is -0.980. The van der Waals surface area contributed by atoms with Crippen LogP contribution in [-0.2, 0) is 9.59 Å². The number of halogens is 1. The number of ether oxygens (including phenoxy) is 1. The van der Waals surface area contributed by atoms with Crippen LogP contribution in [0.2, 0.25) is 0 Å². The molecule has 2 saturated heterocycles. The van der Waals surface area contributed by atoms with Crippen LogP contribution in [0, 0.1) is 17.3 Å². The Morgan fingerprint density at radius 3 is 2.57 bits per heavy atom. The molecule has 0 bridgehead atoms. The molecule has 1 aromatic rings. The third-order valence-corrected chi connectivity index (χ3v) is 10.1. The lowest BCUT2D eigenvalue weighted by Gasteiger charge is -2.40. The number of rotatable bonds is 11. The molecule has 44 heavy (non-hydrogen) atoms. The summed E-state index contributed by atoms with van der Waals surface area (Å²) in [6, 6.07) is 1.38. The van der Waals surface area contributed by atoms with E-state index in [2.05, 4.69) is 41.4 Å². The van der Waals surface area contributed by atoms with Gasteiger partial charge in [0.25, 0.3) is 0 Å². The number of pyridine rings is 1. The van der Waals surface area contributed by atoms with Crippen molar-refractivity contribution in [2.24, 2.45) is 28.7 Å². The first-order valence-electron chi connectivity index (χ1n) is 16.9. The van der Waals surface area contributed by atoms with Crippen LogP contribution in [0.15, 0.2) is 18.5 Å². The molecule has 1 aliphatic carbocycles. The molecule has 11 heteroatoms. The van der Waals surface area contributed by atoms with Gasteiger partial charge in [-0.3, -0.25) is 14.6 Å². The van der Waals surface area contributed by atoms with E-state index in [1.807, 2.05) is 4.90 Å². The number of amides is 2. The average molecular weight is 618 g/mol. The van der Waals surface area contributed by atoms with Gasteiger partial charge >= 0.3 is 0 Å². The lowest BCUT2D eigenvalue weighted by molar-refractivity contribution is -0.138. The number of piperazine rings is 1. The first-order valence-corrected chi connectivity index (χ1v) is 16.9. The Kier molecular flexibility index (Phi) is 12.8. The van der Waals surface area contributed by atoms with Crippen LogP contribution in [0.3, 0.4) is 0 Å². The summed E-state index contributed by atoms with van der Waals surface area (Å²) in [6.45, 7) is 7.98. The number of carbonyl (C=O) groups excluding carboxylic acids is 2. The van der Waals surface area contributed by atoms with Crippen molar-refractivity contribution in [1.82, 2.24) is 20.1 Å². The van der Waals surface area contributed by atoms with E-state index < -0.39 is 18.3 Å². The predicted molar refractivity (Wildman–Crippen MR) is 172 cm³/mol. The van der Waals surface area contributed by atoms with E-state index in [9.17, 15) is 14.0 Å². The number of nitrogens with one attached hydrogen (secondary N) is 2. The van der Waals surface area contributed by atoms with E-state index in [-0.39, 0.29) is 41.8 Å². The zero-order chi connectivity index (χ0) is 31.7. The van der Waals surface area contributed by atoms with Crippen LogP contribution < -0.4 is 26.8 Å². The lowest BCUT2D eigenvalue weighted by Crippen LogP contribution is -2.57. The smallest absolute Gasteiger partial charge is 0.232 e. The van der Waals surface area contributed by atoms with E-state index in [0.717, 1.165) is 84.0 Å². The van der Waals surface area contributed by atoms with Crippen LogP contribution in [0.1, 0.15) is 84.5 Å². The second-order valence-corrected chi connectivity index (χ2v) is 13.8. The molecule has 4 atom stereocenters. The van der Waals surface area contributed by atoms with Crippen molar-refractivity contribution in [3.63, 3.8) is 0 Å². The summed E-state index contributed by atoms with van der Waals surface area (Å²) in [7, 11) is 2.09.